The van der Waals surface area contributed by atoms with Crippen molar-refractivity contribution in [2.24, 2.45) is 0 Å². The van der Waals surface area contributed by atoms with E-state index in [9.17, 15) is 9.59 Å². The van der Waals surface area contributed by atoms with Gasteiger partial charge in [-0.25, -0.2) is 4.79 Å². The van der Waals surface area contributed by atoms with Crippen molar-refractivity contribution >= 4 is 11.9 Å². The first-order valence-electron chi connectivity index (χ1n) is 6.11. The molecule has 1 aromatic carbocycles. The highest BCUT2D eigenvalue weighted by molar-refractivity contribution is 5.94. The Kier molecular flexibility index (Phi) is 4.14. The Morgan fingerprint density at radius 2 is 2.05 bits per heavy atom. The molecule has 1 amide bonds. The van der Waals surface area contributed by atoms with Crippen LogP contribution in [-0.4, -0.2) is 28.7 Å². The molecule has 2 rings (SSSR count). The van der Waals surface area contributed by atoms with E-state index in [0.29, 0.717) is 6.54 Å². The molecule has 0 bridgehead atoms. The molecule has 0 saturated heterocycles. The fraction of sp³-hybridized carbons (Fsp3) is 0.214. The van der Waals surface area contributed by atoms with Gasteiger partial charge in [0.2, 0.25) is 5.76 Å². The minimum atomic E-state index is -1.26. The van der Waals surface area contributed by atoms with E-state index in [-0.39, 0.29) is 17.4 Å². The lowest BCUT2D eigenvalue weighted by atomic mass is 10.0. The average Bonchev–Trinajstić information content (AvgIpc) is 2.95. The van der Waals surface area contributed by atoms with Crippen LogP contribution in [0.1, 0.15) is 39.4 Å². The third kappa shape index (κ3) is 3.23. The Bertz CT molecular complexity index is 607. The van der Waals surface area contributed by atoms with E-state index >= 15 is 0 Å². The van der Waals surface area contributed by atoms with E-state index in [1.165, 1.54) is 0 Å². The summed E-state index contributed by atoms with van der Waals surface area (Å²) >= 11 is 0. The van der Waals surface area contributed by atoms with Crippen LogP contribution in [0.4, 0.5) is 0 Å². The van der Waals surface area contributed by atoms with Gasteiger partial charge in [-0.1, -0.05) is 42.4 Å². The zero-order valence-electron chi connectivity index (χ0n) is 10.9. The number of nitrogens with one attached hydrogen (secondary N) is 1. The molecule has 0 aliphatic rings. The summed E-state index contributed by atoms with van der Waals surface area (Å²) in [5.41, 5.74) is 1.07. The van der Waals surface area contributed by atoms with Gasteiger partial charge in [-0.15, -0.1) is 0 Å². The van der Waals surface area contributed by atoms with E-state index in [2.05, 4.69) is 15.0 Å². The monoisotopic (exact) mass is 274 g/mol. The normalized spacial score (nSPS) is 11.8. The van der Waals surface area contributed by atoms with Gasteiger partial charge in [-0.3, -0.25) is 4.79 Å². The first-order chi connectivity index (χ1) is 9.58. The molecule has 6 heteroatoms. The van der Waals surface area contributed by atoms with Crippen LogP contribution < -0.4 is 5.32 Å². The molecule has 0 saturated carbocycles. The van der Waals surface area contributed by atoms with Gasteiger partial charge >= 0.3 is 5.97 Å². The van der Waals surface area contributed by atoms with E-state index in [4.69, 9.17) is 5.11 Å². The molecule has 0 radical (unpaired) electrons. The lowest BCUT2D eigenvalue weighted by Crippen LogP contribution is -2.27. The molecule has 2 aromatic rings. The van der Waals surface area contributed by atoms with E-state index in [1.807, 2.05) is 37.3 Å². The maximum atomic E-state index is 11.8. The number of nitrogens with zero attached hydrogens (tertiary/aromatic N) is 1. The molecular formula is C14H14N2O4. The van der Waals surface area contributed by atoms with Crippen molar-refractivity contribution in [3.05, 3.63) is 53.4 Å². The SMILES string of the molecule is CC(CNC(=O)c1cc(C(=O)O)on1)c1ccccc1. The maximum Gasteiger partial charge on any atom is 0.374 e. The quantitative estimate of drug-likeness (QED) is 0.868. The molecule has 104 valence electrons. The van der Waals surface area contributed by atoms with Crippen molar-refractivity contribution in [2.45, 2.75) is 12.8 Å². The van der Waals surface area contributed by atoms with Crippen molar-refractivity contribution in [2.75, 3.05) is 6.54 Å². The van der Waals surface area contributed by atoms with Crippen molar-refractivity contribution < 1.29 is 19.2 Å². The van der Waals surface area contributed by atoms with Crippen molar-refractivity contribution in [1.82, 2.24) is 10.5 Å². The highest BCUT2D eigenvalue weighted by Crippen LogP contribution is 2.13. The summed E-state index contributed by atoms with van der Waals surface area (Å²) in [4.78, 5) is 22.4. The van der Waals surface area contributed by atoms with Crippen LogP contribution in [0.2, 0.25) is 0 Å². The Morgan fingerprint density at radius 3 is 2.65 bits per heavy atom. The molecule has 1 aromatic heterocycles. The van der Waals surface area contributed by atoms with Gasteiger partial charge in [0, 0.05) is 12.6 Å². The summed E-state index contributed by atoms with van der Waals surface area (Å²) in [6, 6.07) is 10.9. The maximum absolute atomic E-state index is 11.8. The predicted octanol–water partition coefficient (Wildman–Crippen LogP) is 1.91. The minimum absolute atomic E-state index is 0.0392. The van der Waals surface area contributed by atoms with Gasteiger partial charge in [0.25, 0.3) is 5.91 Å². The number of amides is 1. The summed E-state index contributed by atoms with van der Waals surface area (Å²) < 4.78 is 4.53. The summed E-state index contributed by atoms with van der Waals surface area (Å²) in [6.45, 7) is 2.42. The third-order valence-corrected chi connectivity index (χ3v) is 2.89. The Hall–Kier alpha value is -2.63. The topological polar surface area (TPSA) is 92.4 Å². The largest absolute Gasteiger partial charge is 0.475 e. The molecule has 0 aliphatic heterocycles. The fourth-order valence-electron chi connectivity index (χ4n) is 1.72. The summed E-state index contributed by atoms with van der Waals surface area (Å²) in [5.74, 6) is -1.92. The summed E-state index contributed by atoms with van der Waals surface area (Å²) in [5, 5.41) is 14.8. The third-order valence-electron chi connectivity index (χ3n) is 2.89. The molecule has 1 heterocycles. The smallest absolute Gasteiger partial charge is 0.374 e. The first-order valence-corrected chi connectivity index (χ1v) is 6.11. The number of carboxylic acid groups (broad SMARTS) is 1. The second-order valence-electron chi connectivity index (χ2n) is 4.40. The molecule has 0 fully saturated rings. The van der Waals surface area contributed by atoms with Gasteiger partial charge in [-0.2, -0.15) is 0 Å². The summed E-state index contributed by atoms with van der Waals surface area (Å²) in [7, 11) is 0. The Balaban J connectivity index is 1.93. The number of hydrogen-bond acceptors (Lipinski definition) is 4. The lowest BCUT2D eigenvalue weighted by molar-refractivity contribution is 0.0651. The van der Waals surface area contributed by atoms with Crippen LogP contribution in [0.3, 0.4) is 0 Å². The fourth-order valence-corrected chi connectivity index (χ4v) is 1.72. The van der Waals surface area contributed by atoms with Crippen LogP contribution in [-0.2, 0) is 0 Å². The Morgan fingerprint density at radius 1 is 1.35 bits per heavy atom. The van der Waals surface area contributed by atoms with Crippen LogP contribution in [0.25, 0.3) is 0 Å². The molecule has 2 N–H and O–H groups in total. The van der Waals surface area contributed by atoms with Gasteiger partial charge in [0.15, 0.2) is 5.69 Å². The van der Waals surface area contributed by atoms with Gasteiger partial charge in [0.05, 0.1) is 0 Å². The number of hydrogen-bond donors (Lipinski definition) is 2. The lowest BCUT2D eigenvalue weighted by Gasteiger charge is -2.12. The van der Waals surface area contributed by atoms with E-state index in [1.54, 1.807) is 0 Å². The molecule has 1 unspecified atom stereocenters. The number of carboxylic acids is 1. The zero-order valence-corrected chi connectivity index (χ0v) is 10.9. The molecular weight excluding hydrogens is 260 g/mol. The Labute approximate surface area is 115 Å². The van der Waals surface area contributed by atoms with Crippen molar-refractivity contribution in [1.29, 1.82) is 0 Å². The molecule has 0 aliphatic carbocycles. The van der Waals surface area contributed by atoms with Gasteiger partial charge in [-0.05, 0) is 11.5 Å². The first kappa shape index (κ1) is 13.8. The second kappa shape index (κ2) is 6.01. The number of carbonyl (C=O) groups is 2. The second-order valence-corrected chi connectivity index (χ2v) is 4.40. The number of benzene rings is 1. The highest BCUT2D eigenvalue weighted by Gasteiger charge is 2.17. The molecule has 20 heavy (non-hydrogen) atoms. The zero-order chi connectivity index (χ0) is 14.5. The van der Waals surface area contributed by atoms with Crippen LogP contribution in [0, 0.1) is 0 Å². The number of carbonyl (C=O) groups excluding carboxylic acids is 1. The van der Waals surface area contributed by atoms with Gasteiger partial charge in [0.1, 0.15) is 0 Å². The number of rotatable bonds is 5. The number of aromatic carboxylic acids is 1. The summed E-state index contributed by atoms with van der Waals surface area (Å²) in [6.07, 6.45) is 0. The van der Waals surface area contributed by atoms with E-state index < -0.39 is 11.9 Å². The molecule has 0 spiro atoms. The predicted molar refractivity (Wildman–Crippen MR) is 70.7 cm³/mol. The van der Waals surface area contributed by atoms with Crippen LogP contribution in [0.5, 0.6) is 0 Å². The van der Waals surface area contributed by atoms with Crippen LogP contribution in [0.15, 0.2) is 40.9 Å². The molecule has 6 nitrogen and oxygen atoms in total. The minimum Gasteiger partial charge on any atom is -0.475 e. The number of aromatic nitrogens is 1. The van der Waals surface area contributed by atoms with Crippen molar-refractivity contribution in [3.63, 3.8) is 0 Å². The van der Waals surface area contributed by atoms with Crippen LogP contribution >= 0.6 is 0 Å². The average molecular weight is 274 g/mol. The van der Waals surface area contributed by atoms with Gasteiger partial charge < -0.3 is 14.9 Å². The molecule has 1 atom stereocenters. The van der Waals surface area contributed by atoms with E-state index in [0.717, 1.165) is 11.6 Å². The standard InChI is InChI=1S/C14H14N2O4/c1-9(10-5-3-2-4-6-10)8-15-13(17)11-7-12(14(18)19)20-16-11/h2-7,9H,8H2,1H3,(H,15,17)(H,18,19). The highest BCUT2D eigenvalue weighted by atomic mass is 16.5. The van der Waals surface area contributed by atoms with Crippen molar-refractivity contribution in [3.8, 4) is 0 Å².